The van der Waals surface area contributed by atoms with Crippen LogP contribution in [0.4, 0.5) is 0 Å². The van der Waals surface area contributed by atoms with Crippen LogP contribution in [-0.2, 0) is 87.9 Å². The first kappa shape index (κ1) is 113. The quantitative estimate of drug-likeness (QED) is 0.0125. The van der Waals surface area contributed by atoms with E-state index in [1.807, 2.05) is 6.92 Å². The first-order chi connectivity index (χ1) is 59.7. The van der Waals surface area contributed by atoms with Crippen molar-refractivity contribution >= 4 is 132 Å². The number of nitrogens with one attached hydrogen (secondary N) is 16. The van der Waals surface area contributed by atoms with Crippen molar-refractivity contribution in [2.45, 2.75) is 272 Å². The number of carboxylic acids is 1. The van der Waals surface area contributed by atoms with Crippen LogP contribution in [0, 0.1) is 17.2 Å². The van der Waals surface area contributed by atoms with Crippen LogP contribution >= 0.6 is 25.3 Å². The van der Waals surface area contributed by atoms with E-state index in [1.54, 1.807) is 27.7 Å². The number of phenolic OH excluding ortho intramolecular Hbond substituents is 1. The Labute approximate surface area is 748 Å². The minimum atomic E-state index is -2.04. The Morgan fingerprint density at radius 3 is 1.34 bits per heavy atom. The zero-order valence-electron chi connectivity index (χ0n) is 73.2. The first-order valence-electron chi connectivity index (χ1n) is 42.2. The largest absolute Gasteiger partial charge is 0.508 e. The molecule has 127 heavy (non-hydrogen) atoms. The van der Waals surface area contributed by atoms with Gasteiger partial charge in [0.1, 0.15) is 96.4 Å². The standard InChI is InChI=1S/C78H137N25O22S2/c1-9-11-15-50(76(124)125)95-70(118)54(37-126)99-65(113)47(23-28-81)92-63(111)46(22-27-80)91-61(109)44(16-12-13-26-79)89-64(112)48(24-29-82)94-73(121)59(40(6)105)101-66(114)49(25-30-83)93-62(110)45(17-14-31-88-77(86)87)90-68(116)52(34-56(84)108)96-69(117)53(36-104)98-67(115)51(32-41-18-20-42(106)21-19-41)97-74(122)60(78(7,8)127)102-72(120)58(39(5)10-2)100-71(119)55-33-43(107)35-103(55)75(123)57(85)38(3)4/h18-21,38-40,43-55,57-60,104-107,126-127H,9-17,22-37,79-83,85H2,1-8H3,(H2,84,108)(H,89,112)(H,90,116)(H,91,109)(H,92,111)(H,93,110)(H,94,121)(H,95,118)(H,96,117)(H,97,122)(H,98,115)(H,99,113)(H,100,119)(H,101,114)(H,102,120)(H,124,125)(H4,86,87,88)/t39-,40+,43+,44-,45-,46-,47-,48+,49-,50-,51-,52-,53-,54-,55-,57-,58-,59-,60+/m0/s1. The highest BCUT2D eigenvalue weighted by molar-refractivity contribution is 7.81. The molecule has 1 aliphatic heterocycles. The number of thiol groups is 2. The Bertz CT molecular complexity index is 3830. The number of carboxylic acid groups (broad SMARTS) is 1. The molecular weight excluding hydrogens is 1700 g/mol. The maximum Gasteiger partial charge on any atom is 0.326 e. The Hall–Kier alpha value is -10.4. The van der Waals surface area contributed by atoms with Crippen molar-refractivity contribution in [3.05, 3.63) is 29.8 Å². The number of aliphatic hydroxyl groups excluding tert-OH is 3. The van der Waals surface area contributed by atoms with E-state index in [0.29, 0.717) is 31.2 Å². The number of hydrogen-bond acceptors (Lipinski definition) is 30. The molecule has 1 aliphatic rings. The fourth-order valence-corrected chi connectivity index (χ4v) is 13.4. The molecule has 0 bridgehead atoms. The van der Waals surface area contributed by atoms with Gasteiger partial charge in [-0.2, -0.15) is 25.3 Å². The number of aliphatic hydroxyl groups is 3. The van der Waals surface area contributed by atoms with E-state index in [9.17, 15) is 107 Å². The number of nitrogens with two attached hydrogens (primary N) is 8. The summed E-state index contributed by atoms with van der Waals surface area (Å²) in [6, 6.07) is -19.9. The topological polar surface area (TPSA) is 807 Å². The van der Waals surface area contributed by atoms with Gasteiger partial charge in [-0.3, -0.25) is 82.1 Å². The maximum absolute atomic E-state index is 14.7. The lowest BCUT2D eigenvalue weighted by Gasteiger charge is -2.34. The Balaban J connectivity index is 2.50. The summed E-state index contributed by atoms with van der Waals surface area (Å²) < 4.78 is -1.48. The highest BCUT2D eigenvalue weighted by Crippen LogP contribution is 2.24. The van der Waals surface area contributed by atoms with Crippen molar-refractivity contribution < 1.29 is 107 Å². The van der Waals surface area contributed by atoms with Crippen LogP contribution in [0.1, 0.15) is 157 Å². The van der Waals surface area contributed by atoms with Gasteiger partial charge in [-0.15, -0.1) is 0 Å². The number of likely N-dealkylation sites (tertiary alicyclic amines) is 1. The fraction of sp³-hybridized carbons (Fsp3) is 0.692. The number of unbranched alkanes of at least 4 members (excludes halogenated alkanes) is 2. The number of aromatic hydroxyl groups is 1. The molecule has 0 aliphatic carbocycles. The molecule has 0 unspecified atom stereocenters. The van der Waals surface area contributed by atoms with Gasteiger partial charge < -0.3 is 156 Å². The van der Waals surface area contributed by atoms with E-state index in [0.717, 1.165) is 11.8 Å². The van der Waals surface area contributed by atoms with Gasteiger partial charge in [-0.25, -0.2) is 4.79 Å². The van der Waals surface area contributed by atoms with Gasteiger partial charge in [-0.05, 0) is 147 Å². The second kappa shape index (κ2) is 57.4. The highest BCUT2D eigenvalue weighted by atomic mass is 32.1. The molecule has 1 fully saturated rings. The number of carbonyl (C=O) groups excluding carboxylic acids is 16. The SMILES string of the molecule is CCCC[C@H](NC(=O)[C@H](CS)NC(=O)[C@H](CCN)NC(=O)[C@H](CCN)NC(=O)[C@H](CCCCN)NC(=O)[C@@H](CCN)NC(=O)[C@@H](NC(=O)[C@H](CCN)NC(=O)[C@H](CCCNC(=N)N)NC(=O)[C@H](CC(N)=O)NC(=O)[C@H](CO)NC(=O)[C@H](Cc1ccc(O)cc1)NC(=O)[C@@H](NC(=O)[C@@H](NC(=O)[C@@H]1C[C@@H](O)CN1C(=O)[C@@H](N)C(C)C)[C@@H](C)CC)C(C)(C)S)[C@@H](C)O)C(=O)O. The molecule has 1 saturated heterocycles. The Morgan fingerprint density at radius 1 is 0.512 bits per heavy atom. The summed E-state index contributed by atoms with van der Waals surface area (Å²) in [5.74, 6) is -20.0. The number of benzene rings is 1. The third-order valence-corrected chi connectivity index (χ3v) is 21.3. The number of hydrogen-bond donors (Lipinski definition) is 31. The minimum absolute atomic E-state index is 0.0905. The number of carbonyl (C=O) groups is 17. The van der Waals surface area contributed by atoms with Gasteiger partial charge >= 0.3 is 5.97 Å². The number of amides is 16. The van der Waals surface area contributed by atoms with E-state index in [2.05, 4.69) is 105 Å². The van der Waals surface area contributed by atoms with Crippen LogP contribution in [0.5, 0.6) is 5.75 Å². The molecule has 0 aromatic heterocycles. The number of phenols is 1. The number of nitrogens with zero attached hydrogens (tertiary/aromatic N) is 1. The molecule has 0 radical (unpaired) electrons. The second-order valence-electron chi connectivity index (χ2n) is 32.0. The molecule has 19 atom stereocenters. The molecular formula is C78H137N25O22S2. The molecule has 2 rings (SSSR count). The summed E-state index contributed by atoms with van der Waals surface area (Å²) >= 11 is 8.77. The predicted molar refractivity (Wildman–Crippen MR) is 471 cm³/mol. The van der Waals surface area contributed by atoms with Gasteiger partial charge in [0, 0.05) is 36.4 Å². The van der Waals surface area contributed by atoms with Crippen molar-refractivity contribution in [1.82, 2.24) is 84.7 Å². The van der Waals surface area contributed by atoms with Gasteiger partial charge in [0.2, 0.25) is 94.5 Å². The van der Waals surface area contributed by atoms with Crippen LogP contribution in [0.2, 0.25) is 0 Å². The zero-order valence-corrected chi connectivity index (χ0v) is 75.0. The van der Waals surface area contributed by atoms with Crippen molar-refractivity contribution in [1.29, 1.82) is 5.41 Å². The second-order valence-corrected chi connectivity index (χ2v) is 33.5. The normalized spacial score (nSPS) is 17.2. The molecule has 1 aromatic carbocycles. The van der Waals surface area contributed by atoms with Crippen LogP contribution in [0.15, 0.2) is 24.3 Å². The average molecular weight is 1840 g/mol. The number of guanidine groups is 1. The van der Waals surface area contributed by atoms with Gasteiger partial charge in [0.25, 0.3) is 0 Å². The molecule has 49 heteroatoms. The highest BCUT2D eigenvalue weighted by Gasteiger charge is 2.45. The van der Waals surface area contributed by atoms with Crippen LogP contribution in [0.3, 0.4) is 0 Å². The summed E-state index contributed by atoms with van der Waals surface area (Å²) in [7, 11) is 0. The summed E-state index contributed by atoms with van der Waals surface area (Å²) in [5.41, 5.74) is 46.8. The Kier molecular flexibility index (Phi) is 51.0. The van der Waals surface area contributed by atoms with E-state index >= 15 is 0 Å². The summed E-state index contributed by atoms with van der Waals surface area (Å²) in [4.78, 5) is 238. The Morgan fingerprint density at radius 2 is 0.913 bits per heavy atom. The third-order valence-electron chi connectivity index (χ3n) is 20.7. The van der Waals surface area contributed by atoms with Gasteiger partial charge in [0.05, 0.1) is 31.3 Å². The molecule has 0 spiro atoms. The van der Waals surface area contributed by atoms with Crippen molar-refractivity contribution in [3.63, 3.8) is 0 Å². The lowest BCUT2D eigenvalue weighted by molar-refractivity contribution is -0.142. The lowest BCUT2D eigenvalue weighted by Crippen LogP contribution is -2.64. The first-order valence-corrected chi connectivity index (χ1v) is 43.3. The van der Waals surface area contributed by atoms with Crippen molar-refractivity contribution in [2.75, 3.05) is 58.2 Å². The molecule has 1 aromatic rings. The monoisotopic (exact) mass is 1840 g/mol. The van der Waals surface area contributed by atoms with Crippen LogP contribution < -0.4 is 126 Å². The van der Waals surface area contributed by atoms with E-state index < -0.39 is 252 Å². The predicted octanol–water partition coefficient (Wildman–Crippen LogP) is -10.3. The average Bonchev–Trinajstić information content (AvgIpc) is 1.75. The van der Waals surface area contributed by atoms with Crippen LogP contribution in [0.25, 0.3) is 0 Å². The third kappa shape index (κ3) is 39.0. The lowest BCUT2D eigenvalue weighted by atomic mass is 9.95. The molecule has 47 nitrogen and oxygen atoms in total. The number of rotatable bonds is 60. The molecule has 718 valence electrons. The van der Waals surface area contributed by atoms with E-state index in [-0.39, 0.29) is 121 Å². The molecule has 16 amide bonds. The summed E-state index contributed by atoms with van der Waals surface area (Å²) in [5, 5.41) is 96.6. The minimum Gasteiger partial charge on any atom is -0.508 e. The van der Waals surface area contributed by atoms with Gasteiger partial charge in [0.15, 0.2) is 5.96 Å². The number of β-amino-alcohol motifs (C(OH)–C–C–N with tert-alkyl or cyclic N) is 1. The zero-order chi connectivity index (χ0) is 96.3. The van der Waals surface area contributed by atoms with Gasteiger partial charge in [-0.1, -0.05) is 66.0 Å². The smallest absolute Gasteiger partial charge is 0.326 e. The summed E-state index contributed by atoms with van der Waals surface area (Å²) in [6.45, 7) is 10.1. The molecule has 1 heterocycles. The number of aliphatic carboxylic acids is 1. The maximum atomic E-state index is 14.7. The van der Waals surface area contributed by atoms with Crippen LogP contribution in [-0.4, -0.2) is 309 Å². The molecule has 37 N–H and O–H groups in total. The van der Waals surface area contributed by atoms with Crippen molar-refractivity contribution in [2.24, 2.45) is 57.7 Å². The van der Waals surface area contributed by atoms with E-state index in [4.69, 9.17) is 51.3 Å². The van der Waals surface area contributed by atoms with Crippen molar-refractivity contribution in [3.8, 4) is 5.75 Å². The summed E-state index contributed by atoms with van der Waals surface area (Å²) in [6.07, 6.45) is -4.23. The fourth-order valence-electron chi connectivity index (χ4n) is 13.0. The van der Waals surface area contributed by atoms with E-state index in [1.165, 1.54) is 38.1 Å². The number of primary amides is 1. The molecule has 0 saturated carbocycles.